The minimum Gasteiger partial charge on any atom is -0.399 e. The van der Waals surface area contributed by atoms with Crippen LogP contribution in [0.2, 0.25) is 0 Å². The van der Waals surface area contributed by atoms with Gasteiger partial charge in [-0.25, -0.2) is 0 Å². The van der Waals surface area contributed by atoms with Crippen LogP contribution in [-0.4, -0.2) is 11.9 Å². The van der Waals surface area contributed by atoms with Gasteiger partial charge >= 0.3 is 0 Å². The Morgan fingerprint density at radius 3 is 2.55 bits per heavy atom. The smallest absolute Gasteiger partial charge is 0.0321 e. The molecule has 0 saturated heterocycles. The van der Waals surface area contributed by atoms with Gasteiger partial charge < -0.3 is 5.73 Å². The summed E-state index contributed by atoms with van der Waals surface area (Å²) in [5.74, 6) is 0. The van der Waals surface area contributed by atoms with E-state index < -0.39 is 0 Å². The molecule has 2 aromatic carbocycles. The number of hydrogen-bond donors (Lipinski definition) is 1. The molecular formula is C18H24N2. The Morgan fingerprint density at radius 1 is 1.10 bits per heavy atom. The largest absolute Gasteiger partial charge is 0.399 e. The predicted molar refractivity (Wildman–Crippen MR) is 86.7 cm³/mol. The lowest BCUT2D eigenvalue weighted by atomic mass is 10.0. The number of nitrogen functional groups attached to an aromatic ring is 1. The van der Waals surface area contributed by atoms with Gasteiger partial charge in [-0.2, -0.15) is 0 Å². The number of benzene rings is 2. The Kier molecular flexibility index (Phi) is 4.46. The molecule has 1 unspecified atom stereocenters. The highest BCUT2D eigenvalue weighted by atomic mass is 15.1. The summed E-state index contributed by atoms with van der Waals surface area (Å²) in [6.07, 6.45) is 0. The van der Waals surface area contributed by atoms with Crippen molar-refractivity contribution >= 4 is 5.69 Å². The van der Waals surface area contributed by atoms with Gasteiger partial charge in [0.25, 0.3) is 0 Å². The van der Waals surface area contributed by atoms with Crippen molar-refractivity contribution in [1.82, 2.24) is 4.90 Å². The standard InChI is InChI=1S/C18H24N2/c1-13-8-9-14(2)17(10-13)12-20(4)15(3)16-6-5-7-18(19)11-16/h5-11,15H,12,19H2,1-4H3. The lowest BCUT2D eigenvalue weighted by molar-refractivity contribution is 0.252. The summed E-state index contributed by atoms with van der Waals surface area (Å²) in [5, 5.41) is 0. The summed E-state index contributed by atoms with van der Waals surface area (Å²) in [6, 6.07) is 15.1. The number of anilines is 1. The molecule has 0 heterocycles. The van der Waals surface area contributed by atoms with E-state index in [0.29, 0.717) is 6.04 Å². The first-order chi connectivity index (χ1) is 9.47. The van der Waals surface area contributed by atoms with E-state index in [9.17, 15) is 0 Å². The van der Waals surface area contributed by atoms with Crippen LogP contribution >= 0.6 is 0 Å². The topological polar surface area (TPSA) is 29.3 Å². The van der Waals surface area contributed by atoms with E-state index in [2.05, 4.69) is 63.1 Å². The third-order valence-electron chi connectivity index (χ3n) is 3.98. The maximum Gasteiger partial charge on any atom is 0.0321 e. The van der Waals surface area contributed by atoms with Crippen LogP contribution in [0.1, 0.15) is 35.2 Å². The van der Waals surface area contributed by atoms with Crippen molar-refractivity contribution in [3.63, 3.8) is 0 Å². The number of hydrogen-bond acceptors (Lipinski definition) is 2. The lowest BCUT2D eigenvalue weighted by Gasteiger charge is -2.26. The molecule has 0 aromatic heterocycles. The number of nitrogens with two attached hydrogens (primary N) is 1. The molecule has 0 radical (unpaired) electrons. The van der Waals surface area contributed by atoms with Crippen LogP contribution in [0, 0.1) is 13.8 Å². The van der Waals surface area contributed by atoms with E-state index in [1.54, 1.807) is 0 Å². The maximum atomic E-state index is 5.87. The van der Waals surface area contributed by atoms with Crippen molar-refractivity contribution in [2.45, 2.75) is 33.4 Å². The van der Waals surface area contributed by atoms with E-state index >= 15 is 0 Å². The molecule has 106 valence electrons. The molecule has 2 rings (SSSR count). The van der Waals surface area contributed by atoms with Gasteiger partial charge in [0.2, 0.25) is 0 Å². The minimum absolute atomic E-state index is 0.346. The molecule has 1 atom stereocenters. The first-order valence-electron chi connectivity index (χ1n) is 7.09. The van der Waals surface area contributed by atoms with Crippen LogP contribution in [-0.2, 0) is 6.54 Å². The summed E-state index contributed by atoms with van der Waals surface area (Å²) in [5.41, 5.74) is 12.0. The molecule has 2 aromatic rings. The first kappa shape index (κ1) is 14.6. The molecule has 2 nitrogen and oxygen atoms in total. The van der Waals surface area contributed by atoms with E-state index in [-0.39, 0.29) is 0 Å². The SMILES string of the molecule is Cc1ccc(C)c(CN(C)C(C)c2cccc(N)c2)c1. The Labute approximate surface area is 122 Å². The zero-order valence-corrected chi connectivity index (χ0v) is 12.9. The van der Waals surface area contributed by atoms with Crippen LogP contribution in [0.15, 0.2) is 42.5 Å². The van der Waals surface area contributed by atoms with Crippen molar-refractivity contribution < 1.29 is 0 Å². The molecule has 0 amide bonds. The molecule has 0 saturated carbocycles. The predicted octanol–water partition coefficient (Wildman–Crippen LogP) is 4.08. The number of rotatable bonds is 4. The number of aryl methyl sites for hydroxylation is 2. The van der Waals surface area contributed by atoms with E-state index in [4.69, 9.17) is 5.73 Å². The molecule has 20 heavy (non-hydrogen) atoms. The van der Waals surface area contributed by atoms with Crippen LogP contribution in [0.3, 0.4) is 0 Å². The summed E-state index contributed by atoms with van der Waals surface area (Å²) >= 11 is 0. The fourth-order valence-corrected chi connectivity index (χ4v) is 2.45. The molecule has 0 bridgehead atoms. The zero-order valence-electron chi connectivity index (χ0n) is 12.9. The van der Waals surface area contributed by atoms with Gasteiger partial charge in [0.15, 0.2) is 0 Å². The van der Waals surface area contributed by atoms with E-state index in [0.717, 1.165) is 12.2 Å². The van der Waals surface area contributed by atoms with Crippen molar-refractivity contribution in [2.75, 3.05) is 12.8 Å². The van der Waals surface area contributed by atoms with Crippen molar-refractivity contribution in [2.24, 2.45) is 0 Å². The second-order valence-corrected chi connectivity index (χ2v) is 5.69. The molecule has 2 heteroatoms. The Morgan fingerprint density at radius 2 is 1.85 bits per heavy atom. The number of nitrogens with zero attached hydrogens (tertiary/aromatic N) is 1. The van der Waals surface area contributed by atoms with Gasteiger partial charge in [-0.3, -0.25) is 4.90 Å². The molecule has 0 fully saturated rings. The lowest BCUT2D eigenvalue weighted by Crippen LogP contribution is -2.22. The molecule has 0 aliphatic heterocycles. The monoisotopic (exact) mass is 268 g/mol. The van der Waals surface area contributed by atoms with E-state index in [1.165, 1.54) is 22.3 Å². The minimum atomic E-state index is 0.346. The van der Waals surface area contributed by atoms with E-state index in [1.807, 2.05) is 12.1 Å². The molecule has 0 spiro atoms. The van der Waals surface area contributed by atoms with Crippen LogP contribution in [0.25, 0.3) is 0 Å². The van der Waals surface area contributed by atoms with Crippen LogP contribution < -0.4 is 5.73 Å². The van der Waals surface area contributed by atoms with Gasteiger partial charge in [-0.1, -0.05) is 35.9 Å². The summed E-state index contributed by atoms with van der Waals surface area (Å²) in [6.45, 7) is 7.49. The Balaban J connectivity index is 2.15. The first-order valence-corrected chi connectivity index (χ1v) is 7.09. The second-order valence-electron chi connectivity index (χ2n) is 5.69. The summed E-state index contributed by atoms with van der Waals surface area (Å²) < 4.78 is 0. The quantitative estimate of drug-likeness (QED) is 0.847. The highest BCUT2D eigenvalue weighted by Crippen LogP contribution is 2.23. The van der Waals surface area contributed by atoms with Crippen molar-refractivity contribution in [1.29, 1.82) is 0 Å². The summed E-state index contributed by atoms with van der Waals surface area (Å²) in [4.78, 5) is 2.36. The van der Waals surface area contributed by atoms with Gasteiger partial charge in [0.05, 0.1) is 0 Å². The van der Waals surface area contributed by atoms with Crippen LogP contribution in [0.4, 0.5) is 5.69 Å². The average molecular weight is 268 g/mol. The third-order valence-corrected chi connectivity index (χ3v) is 3.98. The van der Waals surface area contributed by atoms with Crippen molar-refractivity contribution in [3.05, 3.63) is 64.7 Å². The molecular weight excluding hydrogens is 244 g/mol. The molecule has 2 N–H and O–H groups in total. The molecule has 0 aliphatic rings. The van der Waals surface area contributed by atoms with Crippen molar-refractivity contribution in [3.8, 4) is 0 Å². The zero-order chi connectivity index (χ0) is 14.7. The van der Waals surface area contributed by atoms with Gasteiger partial charge in [-0.05, 0) is 56.6 Å². The normalized spacial score (nSPS) is 12.7. The molecule has 0 aliphatic carbocycles. The van der Waals surface area contributed by atoms with Gasteiger partial charge in [-0.15, -0.1) is 0 Å². The Bertz CT molecular complexity index is 590. The van der Waals surface area contributed by atoms with Gasteiger partial charge in [0.1, 0.15) is 0 Å². The second kappa shape index (κ2) is 6.10. The van der Waals surface area contributed by atoms with Crippen LogP contribution in [0.5, 0.6) is 0 Å². The fraction of sp³-hybridized carbons (Fsp3) is 0.333. The maximum absolute atomic E-state index is 5.87. The highest BCUT2D eigenvalue weighted by Gasteiger charge is 2.13. The Hall–Kier alpha value is -1.80. The third kappa shape index (κ3) is 3.40. The highest BCUT2D eigenvalue weighted by molar-refractivity contribution is 5.41. The van der Waals surface area contributed by atoms with Gasteiger partial charge in [0, 0.05) is 18.3 Å². The average Bonchev–Trinajstić information content (AvgIpc) is 2.42. The fourth-order valence-electron chi connectivity index (χ4n) is 2.45. The summed E-state index contributed by atoms with van der Waals surface area (Å²) in [7, 11) is 2.16.